The Labute approximate surface area is 113 Å². The molecule has 1 aliphatic heterocycles. The zero-order valence-corrected chi connectivity index (χ0v) is 11.8. The predicted octanol–water partition coefficient (Wildman–Crippen LogP) is 3.89. The highest BCUT2D eigenvalue weighted by Crippen LogP contribution is 2.42. The number of fused-ring (bicyclic) bond motifs is 1. The first-order valence-corrected chi connectivity index (χ1v) is 7.52. The van der Waals surface area contributed by atoms with Crippen LogP contribution in [0.2, 0.25) is 0 Å². The van der Waals surface area contributed by atoms with Crippen LogP contribution in [0, 0.1) is 0 Å². The van der Waals surface area contributed by atoms with Gasteiger partial charge >= 0.3 is 0 Å². The maximum Gasteiger partial charge on any atom is 0.0697 e. The largest absolute Gasteiger partial charge is 0.290 e. The molecule has 94 valence electrons. The Kier molecular flexibility index (Phi) is 3.00. The van der Waals surface area contributed by atoms with Crippen LogP contribution in [-0.4, -0.2) is 18.0 Å². The molecule has 1 aromatic heterocycles. The van der Waals surface area contributed by atoms with Crippen LogP contribution in [0.5, 0.6) is 0 Å². The van der Waals surface area contributed by atoms with Gasteiger partial charge in [-0.05, 0) is 42.5 Å². The van der Waals surface area contributed by atoms with Crippen molar-refractivity contribution < 1.29 is 0 Å². The second-order valence-corrected chi connectivity index (χ2v) is 6.03. The minimum absolute atomic E-state index is 0.0452. The van der Waals surface area contributed by atoms with Gasteiger partial charge < -0.3 is 0 Å². The zero-order chi connectivity index (χ0) is 12.6. The van der Waals surface area contributed by atoms with Gasteiger partial charge in [0.25, 0.3) is 0 Å². The Hall–Kier alpha value is -1.12. The molecule has 3 rings (SSSR count). The Morgan fingerprint density at radius 3 is 2.72 bits per heavy atom. The van der Waals surface area contributed by atoms with Gasteiger partial charge in [-0.3, -0.25) is 4.90 Å². The van der Waals surface area contributed by atoms with Crippen LogP contribution in [0.3, 0.4) is 0 Å². The van der Waals surface area contributed by atoms with E-state index in [0.717, 1.165) is 13.1 Å². The molecule has 1 unspecified atom stereocenters. The first-order chi connectivity index (χ1) is 8.76. The quantitative estimate of drug-likeness (QED) is 0.789. The van der Waals surface area contributed by atoms with Crippen molar-refractivity contribution in [3.05, 3.63) is 57.8 Å². The van der Waals surface area contributed by atoms with Gasteiger partial charge in [0.2, 0.25) is 0 Å². The second kappa shape index (κ2) is 4.52. The summed E-state index contributed by atoms with van der Waals surface area (Å²) in [5.41, 5.74) is 2.96. The Bertz CT molecular complexity index is 531. The summed E-state index contributed by atoms with van der Waals surface area (Å²) in [6.07, 6.45) is 1.20. The lowest BCUT2D eigenvalue weighted by molar-refractivity contribution is 0.136. The first-order valence-electron chi connectivity index (χ1n) is 6.64. The van der Waals surface area contributed by atoms with E-state index in [9.17, 15) is 0 Å². The van der Waals surface area contributed by atoms with E-state index in [1.807, 2.05) is 11.3 Å². The molecule has 0 aliphatic carbocycles. The van der Waals surface area contributed by atoms with E-state index in [4.69, 9.17) is 0 Å². The third-order valence-corrected chi connectivity index (χ3v) is 5.21. The van der Waals surface area contributed by atoms with E-state index < -0.39 is 0 Å². The van der Waals surface area contributed by atoms with Crippen LogP contribution in [0.25, 0.3) is 0 Å². The molecule has 0 radical (unpaired) electrons. The number of nitrogens with zero attached hydrogens (tertiary/aromatic N) is 1. The molecule has 0 saturated heterocycles. The van der Waals surface area contributed by atoms with Crippen molar-refractivity contribution in [3.63, 3.8) is 0 Å². The molecule has 1 atom stereocenters. The van der Waals surface area contributed by atoms with Gasteiger partial charge in [0.1, 0.15) is 0 Å². The highest BCUT2D eigenvalue weighted by atomic mass is 32.1. The molecule has 1 aliphatic rings. The summed E-state index contributed by atoms with van der Waals surface area (Å²) < 4.78 is 0. The number of benzene rings is 1. The lowest BCUT2D eigenvalue weighted by atomic mass is 9.80. The van der Waals surface area contributed by atoms with E-state index in [1.165, 1.54) is 17.5 Å². The van der Waals surface area contributed by atoms with Crippen molar-refractivity contribution in [1.29, 1.82) is 0 Å². The fraction of sp³-hybridized carbons (Fsp3) is 0.375. The third kappa shape index (κ3) is 1.63. The van der Waals surface area contributed by atoms with E-state index in [1.54, 1.807) is 4.88 Å². The molecule has 0 spiro atoms. The van der Waals surface area contributed by atoms with Gasteiger partial charge in [-0.1, -0.05) is 37.3 Å². The average molecular weight is 257 g/mol. The Morgan fingerprint density at radius 2 is 2.00 bits per heavy atom. The normalized spacial score (nSPS) is 23.9. The lowest BCUT2D eigenvalue weighted by Crippen LogP contribution is -2.48. The minimum Gasteiger partial charge on any atom is -0.290 e. The number of thiophene rings is 1. The van der Waals surface area contributed by atoms with E-state index >= 15 is 0 Å². The lowest BCUT2D eigenvalue weighted by Gasteiger charge is -2.45. The molecule has 2 heteroatoms. The number of hydrogen-bond donors (Lipinski definition) is 0. The summed E-state index contributed by atoms with van der Waals surface area (Å²) in [5.74, 6) is 0. The van der Waals surface area contributed by atoms with Gasteiger partial charge in [-0.15, -0.1) is 11.3 Å². The van der Waals surface area contributed by atoms with Gasteiger partial charge in [0.15, 0.2) is 0 Å². The summed E-state index contributed by atoms with van der Waals surface area (Å²) in [6.45, 7) is 6.89. The molecule has 0 amide bonds. The molecule has 1 aromatic carbocycles. The smallest absolute Gasteiger partial charge is 0.0697 e. The van der Waals surface area contributed by atoms with Crippen LogP contribution in [0.1, 0.15) is 29.9 Å². The van der Waals surface area contributed by atoms with Crippen molar-refractivity contribution >= 4 is 11.3 Å². The number of likely N-dealkylation sites (N-methyl/N-ethyl adjacent to an activating group) is 1. The van der Waals surface area contributed by atoms with Crippen molar-refractivity contribution in [2.45, 2.75) is 25.8 Å². The van der Waals surface area contributed by atoms with Crippen LogP contribution in [-0.2, 0) is 12.0 Å². The molecule has 2 heterocycles. The standard InChI is InChI=1S/C16H19NS/c1-3-17-11-9-15-14(10-12-18-15)16(17,2)13-7-5-4-6-8-13/h4-8,10,12H,3,9,11H2,1-2H3. The van der Waals surface area contributed by atoms with Gasteiger partial charge in [0.05, 0.1) is 5.54 Å². The Morgan fingerprint density at radius 1 is 1.22 bits per heavy atom. The highest BCUT2D eigenvalue weighted by Gasteiger charge is 2.39. The number of rotatable bonds is 2. The van der Waals surface area contributed by atoms with E-state index in [0.29, 0.717) is 0 Å². The second-order valence-electron chi connectivity index (χ2n) is 5.03. The molecular weight excluding hydrogens is 238 g/mol. The summed E-state index contributed by atoms with van der Waals surface area (Å²) in [5, 5.41) is 2.24. The summed E-state index contributed by atoms with van der Waals surface area (Å²) in [6, 6.07) is 13.2. The zero-order valence-electron chi connectivity index (χ0n) is 11.0. The van der Waals surface area contributed by atoms with Crippen LogP contribution >= 0.6 is 11.3 Å². The van der Waals surface area contributed by atoms with Crippen molar-refractivity contribution in [2.24, 2.45) is 0 Å². The van der Waals surface area contributed by atoms with Crippen molar-refractivity contribution in [2.75, 3.05) is 13.1 Å². The average Bonchev–Trinajstić information content (AvgIpc) is 2.90. The van der Waals surface area contributed by atoms with Crippen LogP contribution in [0.4, 0.5) is 0 Å². The van der Waals surface area contributed by atoms with Gasteiger partial charge in [-0.2, -0.15) is 0 Å². The fourth-order valence-electron chi connectivity index (χ4n) is 3.17. The number of hydrogen-bond acceptors (Lipinski definition) is 2. The highest BCUT2D eigenvalue weighted by molar-refractivity contribution is 7.10. The van der Waals surface area contributed by atoms with E-state index in [-0.39, 0.29) is 5.54 Å². The minimum atomic E-state index is 0.0452. The molecule has 1 nitrogen and oxygen atoms in total. The molecular formula is C16H19NS. The monoisotopic (exact) mass is 257 g/mol. The first kappa shape index (κ1) is 11.9. The Balaban J connectivity index is 2.18. The van der Waals surface area contributed by atoms with Crippen LogP contribution in [0.15, 0.2) is 41.8 Å². The van der Waals surface area contributed by atoms with E-state index in [2.05, 4.69) is 60.5 Å². The summed E-state index contributed by atoms with van der Waals surface area (Å²) in [4.78, 5) is 4.16. The topological polar surface area (TPSA) is 3.24 Å². The van der Waals surface area contributed by atoms with Crippen molar-refractivity contribution in [3.8, 4) is 0 Å². The molecule has 0 fully saturated rings. The van der Waals surface area contributed by atoms with Crippen molar-refractivity contribution in [1.82, 2.24) is 4.90 Å². The van der Waals surface area contributed by atoms with Crippen LogP contribution < -0.4 is 0 Å². The molecule has 0 N–H and O–H groups in total. The summed E-state index contributed by atoms with van der Waals surface area (Å²) >= 11 is 1.91. The predicted molar refractivity (Wildman–Crippen MR) is 78.2 cm³/mol. The molecule has 2 aromatic rings. The maximum atomic E-state index is 2.59. The molecule has 0 saturated carbocycles. The van der Waals surface area contributed by atoms with Gasteiger partial charge in [-0.25, -0.2) is 0 Å². The third-order valence-electron chi connectivity index (χ3n) is 4.23. The fourth-order valence-corrected chi connectivity index (χ4v) is 4.14. The molecule has 18 heavy (non-hydrogen) atoms. The summed E-state index contributed by atoms with van der Waals surface area (Å²) in [7, 11) is 0. The molecule has 0 bridgehead atoms. The SMILES string of the molecule is CCN1CCc2sccc2C1(C)c1ccccc1. The van der Waals surface area contributed by atoms with Gasteiger partial charge in [0, 0.05) is 11.4 Å². The maximum absolute atomic E-state index is 2.59.